The number of halogens is 3. The molecule has 2 aliphatic heterocycles. The van der Waals surface area contributed by atoms with Crippen LogP contribution in [0.15, 0.2) is 18.2 Å². The van der Waals surface area contributed by atoms with Gasteiger partial charge >= 0.3 is 6.18 Å². The Kier molecular flexibility index (Phi) is 5.47. The molecular weight excluding hydrogens is 369 g/mol. The van der Waals surface area contributed by atoms with Crippen LogP contribution < -0.4 is 4.90 Å². The normalized spacial score (nSPS) is 18.8. The third-order valence-electron chi connectivity index (χ3n) is 5.56. The first-order valence-corrected chi connectivity index (χ1v) is 9.79. The minimum absolute atomic E-state index is 0.0384. The molecular formula is C21H27F3N2O2. The van der Waals surface area contributed by atoms with Gasteiger partial charge in [0.05, 0.1) is 5.56 Å². The Hall–Kier alpha value is -2.05. The number of hydrogen-bond donors (Lipinski definition) is 0. The number of fused-ring (bicyclic) bond motifs is 1. The predicted molar refractivity (Wildman–Crippen MR) is 101 cm³/mol. The van der Waals surface area contributed by atoms with Crippen LogP contribution in [0.1, 0.15) is 51.2 Å². The zero-order chi connectivity index (χ0) is 20.7. The first-order valence-electron chi connectivity index (χ1n) is 9.79. The SMILES string of the molecule is CC(C)(C)C(=O)N1CCC(C(=O)N2CCCc3cc(C(F)(F)F)ccc32)CC1. The van der Waals surface area contributed by atoms with Crippen LogP contribution in [0.5, 0.6) is 0 Å². The van der Waals surface area contributed by atoms with Crippen LogP contribution in [-0.2, 0) is 22.2 Å². The van der Waals surface area contributed by atoms with Crippen molar-refractivity contribution < 1.29 is 22.8 Å². The summed E-state index contributed by atoms with van der Waals surface area (Å²) in [4.78, 5) is 28.9. The summed E-state index contributed by atoms with van der Waals surface area (Å²) < 4.78 is 38.9. The van der Waals surface area contributed by atoms with E-state index < -0.39 is 17.2 Å². The number of benzene rings is 1. The number of piperidine rings is 1. The number of alkyl halides is 3. The second kappa shape index (κ2) is 7.41. The molecule has 0 unspecified atom stereocenters. The fourth-order valence-corrected chi connectivity index (χ4v) is 4.03. The van der Waals surface area contributed by atoms with Gasteiger partial charge in [-0.15, -0.1) is 0 Å². The molecule has 28 heavy (non-hydrogen) atoms. The largest absolute Gasteiger partial charge is 0.416 e. The number of hydrogen-bond acceptors (Lipinski definition) is 2. The first kappa shape index (κ1) is 20.7. The fraction of sp³-hybridized carbons (Fsp3) is 0.619. The van der Waals surface area contributed by atoms with E-state index in [1.54, 1.807) is 4.90 Å². The maximum absolute atomic E-state index is 13.1. The van der Waals surface area contributed by atoms with E-state index in [0.717, 1.165) is 6.07 Å². The van der Waals surface area contributed by atoms with E-state index in [0.29, 0.717) is 56.6 Å². The van der Waals surface area contributed by atoms with Crippen molar-refractivity contribution in [3.8, 4) is 0 Å². The summed E-state index contributed by atoms with van der Waals surface area (Å²) >= 11 is 0. The maximum atomic E-state index is 13.1. The van der Waals surface area contributed by atoms with E-state index in [-0.39, 0.29) is 17.7 Å². The number of amides is 2. The van der Waals surface area contributed by atoms with Gasteiger partial charge in [-0.25, -0.2) is 0 Å². The zero-order valence-corrected chi connectivity index (χ0v) is 16.6. The van der Waals surface area contributed by atoms with Crippen LogP contribution in [0, 0.1) is 11.3 Å². The van der Waals surface area contributed by atoms with E-state index in [4.69, 9.17) is 0 Å². The molecule has 0 aliphatic carbocycles. The second-order valence-corrected chi connectivity index (χ2v) is 8.75. The molecule has 0 radical (unpaired) electrons. The van der Waals surface area contributed by atoms with Gasteiger partial charge in [0.25, 0.3) is 0 Å². The summed E-state index contributed by atoms with van der Waals surface area (Å²) in [6.45, 7) is 7.25. The van der Waals surface area contributed by atoms with Gasteiger partial charge in [0, 0.05) is 36.7 Å². The highest BCUT2D eigenvalue weighted by molar-refractivity contribution is 5.96. The highest BCUT2D eigenvalue weighted by atomic mass is 19.4. The van der Waals surface area contributed by atoms with Gasteiger partial charge in [-0.3, -0.25) is 9.59 Å². The summed E-state index contributed by atoms with van der Waals surface area (Å²) in [7, 11) is 0. The highest BCUT2D eigenvalue weighted by Gasteiger charge is 2.36. The zero-order valence-electron chi connectivity index (χ0n) is 16.6. The third-order valence-corrected chi connectivity index (χ3v) is 5.56. The van der Waals surface area contributed by atoms with Crippen molar-refractivity contribution in [2.45, 2.75) is 52.6 Å². The van der Waals surface area contributed by atoms with Crippen LogP contribution >= 0.6 is 0 Å². The Morgan fingerprint density at radius 2 is 1.68 bits per heavy atom. The van der Waals surface area contributed by atoms with E-state index in [1.807, 2.05) is 25.7 Å². The van der Waals surface area contributed by atoms with Gasteiger partial charge in [0.1, 0.15) is 0 Å². The predicted octanol–water partition coefficient (Wildman–Crippen LogP) is 4.27. The Morgan fingerprint density at radius 1 is 1.04 bits per heavy atom. The van der Waals surface area contributed by atoms with Crippen molar-refractivity contribution in [1.82, 2.24) is 4.90 Å². The average molecular weight is 396 g/mol. The van der Waals surface area contributed by atoms with E-state index in [9.17, 15) is 22.8 Å². The molecule has 4 nitrogen and oxygen atoms in total. The Labute approximate surface area is 163 Å². The number of aryl methyl sites for hydroxylation is 1. The minimum Gasteiger partial charge on any atom is -0.342 e. The third kappa shape index (κ3) is 4.18. The van der Waals surface area contributed by atoms with Crippen LogP contribution in [0.3, 0.4) is 0 Å². The number of likely N-dealkylation sites (tertiary alicyclic amines) is 1. The number of carbonyl (C=O) groups is 2. The molecule has 0 spiro atoms. The molecule has 2 amide bonds. The van der Waals surface area contributed by atoms with Crippen LogP contribution in [0.25, 0.3) is 0 Å². The summed E-state index contributed by atoms with van der Waals surface area (Å²) in [5, 5.41) is 0. The van der Waals surface area contributed by atoms with E-state index >= 15 is 0 Å². The quantitative estimate of drug-likeness (QED) is 0.711. The molecule has 1 aromatic carbocycles. The maximum Gasteiger partial charge on any atom is 0.416 e. The lowest BCUT2D eigenvalue weighted by molar-refractivity contribution is -0.142. The molecule has 3 rings (SSSR count). The van der Waals surface area contributed by atoms with Crippen molar-refractivity contribution in [2.75, 3.05) is 24.5 Å². The molecule has 7 heteroatoms. The lowest BCUT2D eigenvalue weighted by atomic mass is 9.89. The molecule has 0 saturated carbocycles. The Balaban J connectivity index is 1.71. The molecule has 1 aromatic rings. The number of anilines is 1. The van der Waals surface area contributed by atoms with Crippen LogP contribution in [0.4, 0.5) is 18.9 Å². The molecule has 2 aliphatic rings. The van der Waals surface area contributed by atoms with Gasteiger partial charge in [-0.05, 0) is 49.4 Å². The van der Waals surface area contributed by atoms with Crippen molar-refractivity contribution in [3.05, 3.63) is 29.3 Å². The van der Waals surface area contributed by atoms with Crippen LogP contribution in [0.2, 0.25) is 0 Å². The number of nitrogens with zero attached hydrogens (tertiary/aromatic N) is 2. The summed E-state index contributed by atoms with van der Waals surface area (Å²) in [6, 6.07) is 3.64. The fourth-order valence-electron chi connectivity index (χ4n) is 4.03. The highest BCUT2D eigenvalue weighted by Crippen LogP contribution is 2.36. The second-order valence-electron chi connectivity index (χ2n) is 8.75. The van der Waals surface area contributed by atoms with E-state index in [2.05, 4.69) is 0 Å². The molecule has 0 aromatic heterocycles. The summed E-state index contributed by atoms with van der Waals surface area (Å²) in [6.07, 6.45) is -2.00. The number of rotatable bonds is 1. The molecule has 0 atom stereocenters. The Morgan fingerprint density at radius 3 is 2.25 bits per heavy atom. The molecule has 0 N–H and O–H groups in total. The van der Waals surface area contributed by atoms with Crippen LogP contribution in [-0.4, -0.2) is 36.3 Å². The molecule has 154 valence electrons. The van der Waals surface area contributed by atoms with Crippen molar-refractivity contribution in [2.24, 2.45) is 11.3 Å². The van der Waals surface area contributed by atoms with Gasteiger partial charge in [0.15, 0.2) is 0 Å². The van der Waals surface area contributed by atoms with Gasteiger partial charge in [-0.2, -0.15) is 13.2 Å². The minimum atomic E-state index is -4.38. The summed E-state index contributed by atoms with van der Waals surface area (Å²) in [5.41, 5.74) is 0.0560. The van der Waals surface area contributed by atoms with Crippen molar-refractivity contribution in [3.63, 3.8) is 0 Å². The van der Waals surface area contributed by atoms with Gasteiger partial charge in [0.2, 0.25) is 11.8 Å². The van der Waals surface area contributed by atoms with E-state index in [1.165, 1.54) is 12.1 Å². The smallest absolute Gasteiger partial charge is 0.342 e. The topological polar surface area (TPSA) is 40.6 Å². The van der Waals surface area contributed by atoms with Crippen molar-refractivity contribution >= 4 is 17.5 Å². The molecule has 1 fully saturated rings. The monoisotopic (exact) mass is 396 g/mol. The van der Waals surface area contributed by atoms with Gasteiger partial charge in [-0.1, -0.05) is 20.8 Å². The molecule has 2 heterocycles. The van der Waals surface area contributed by atoms with Gasteiger partial charge < -0.3 is 9.80 Å². The number of carbonyl (C=O) groups excluding carboxylic acids is 2. The molecule has 1 saturated heterocycles. The lowest BCUT2D eigenvalue weighted by Gasteiger charge is -2.38. The standard InChI is InChI=1S/C21H27F3N2O2/c1-20(2,3)19(28)25-11-8-14(9-12-25)18(27)26-10-4-5-15-13-16(21(22,23)24)6-7-17(15)26/h6-7,13-14H,4-5,8-12H2,1-3H3. The summed E-state index contributed by atoms with van der Waals surface area (Å²) in [5.74, 6) is -0.151. The Bertz CT molecular complexity index is 760. The average Bonchev–Trinajstić information content (AvgIpc) is 2.64. The first-order chi connectivity index (χ1) is 13.0. The lowest BCUT2D eigenvalue weighted by Crippen LogP contribution is -2.48. The molecule has 0 bridgehead atoms. The van der Waals surface area contributed by atoms with Crippen molar-refractivity contribution in [1.29, 1.82) is 0 Å².